The summed E-state index contributed by atoms with van der Waals surface area (Å²) in [7, 11) is 0. The minimum atomic E-state index is -0.456. The Hall–Kier alpha value is -15.8. The van der Waals surface area contributed by atoms with E-state index in [0.717, 1.165) is 117 Å². The maximum Gasteiger partial charge on any atom is 0.160 e. The Balaban J connectivity index is 0.000000139. The molecule has 6 nitrogen and oxygen atoms in total. The molecule has 8 heteroatoms. The number of benzene rings is 18. The van der Waals surface area contributed by atoms with Crippen molar-refractivity contribution in [1.29, 1.82) is 0 Å². The van der Waals surface area contributed by atoms with Gasteiger partial charge in [0.05, 0.1) is 56.0 Å². The average Bonchev–Trinajstić information content (AvgIpc) is 1.51. The summed E-state index contributed by atoms with van der Waals surface area (Å²) in [6.07, 6.45) is 0. The number of hydrogen-bond acceptors (Lipinski definition) is 8. The summed E-state index contributed by atoms with van der Waals surface area (Å²) in [6, 6.07) is 162. The first-order chi connectivity index (χ1) is 63.4. The van der Waals surface area contributed by atoms with Crippen LogP contribution >= 0.6 is 23.5 Å². The summed E-state index contributed by atoms with van der Waals surface area (Å²) < 4.78 is 0. The molecule has 0 bridgehead atoms. The van der Waals surface area contributed by atoms with E-state index in [9.17, 15) is 0 Å². The summed E-state index contributed by atoms with van der Waals surface area (Å²) in [5, 5.41) is 6.98. The minimum absolute atomic E-state index is 0.455. The van der Waals surface area contributed by atoms with Crippen LogP contribution in [0.4, 0.5) is 0 Å². The molecule has 0 N–H and O–H groups in total. The van der Waals surface area contributed by atoms with Gasteiger partial charge in [-0.25, -0.2) is 29.9 Å². The Morgan fingerprint density at radius 1 is 0.156 bits per heavy atom. The lowest BCUT2D eigenvalue weighted by Gasteiger charge is -2.39. The van der Waals surface area contributed by atoms with Crippen molar-refractivity contribution in [2.24, 2.45) is 0 Å². The van der Waals surface area contributed by atoms with Crippen LogP contribution in [0.1, 0.15) is 44.5 Å². The number of hydrogen-bond donors (Lipinski definition) is 0. The van der Waals surface area contributed by atoms with Crippen LogP contribution in [-0.4, -0.2) is 29.9 Å². The van der Waals surface area contributed by atoms with Crippen molar-refractivity contribution in [1.82, 2.24) is 29.9 Å². The van der Waals surface area contributed by atoms with E-state index in [1.54, 1.807) is 0 Å². The number of rotatable bonds is 10. The normalized spacial score (nSPS) is 13.1. The van der Waals surface area contributed by atoms with E-state index in [2.05, 4.69) is 406 Å². The van der Waals surface area contributed by atoms with E-state index >= 15 is 0 Å². The summed E-state index contributed by atoms with van der Waals surface area (Å²) in [5.74, 6) is 1.39. The molecule has 4 aromatic heterocycles. The molecule has 6 heterocycles. The topological polar surface area (TPSA) is 77.3 Å². The second-order valence-electron chi connectivity index (χ2n) is 33.3. The molecule has 22 aromatic rings. The first-order valence-electron chi connectivity index (χ1n) is 43.5. The van der Waals surface area contributed by atoms with Crippen molar-refractivity contribution in [3.8, 4) is 135 Å². The standard InChI is InChI=1S/2C60H37N3S/c1-3-16-38(17-4-1)42-20-15-21-43(34-42)55-37-54(62-59(63-55)41-18-5-2-6-19-41)39-30-32-40(33-31-39)58-48-35-47-44-22-7-9-24-49(44)60(52(47)36-46(48)45-23-8-12-27-53(45)61-58)50-25-10-13-28-56(50)64-57-29-14-11-26-51(57)60;1-3-15-38(16-4-1)39-27-29-40(30-28-39)54-37-55(63-59(62-54)43-17-5-2-6-18-43)41-31-33-42(34-32-41)58-48-35-47-44-19-7-9-21-49(44)60(52(47)36-46(48)45-20-8-12-24-53(45)61-58)50-22-10-13-25-56(50)64-57-26-14-11-23-51(57)60/h2*1-37H. The summed E-state index contributed by atoms with van der Waals surface area (Å²) in [4.78, 5) is 36.7. The van der Waals surface area contributed by atoms with Gasteiger partial charge in [0.25, 0.3) is 0 Å². The highest BCUT2D eigenvalue weighted by molar-refractivity contribution is 7.99. The first-order valence-corrected chi connectivity index (χ1v) is 45.1. The Morgan fingerprint density at radius 2 is 0.445 bits per heavy atom. The molecule has 2 aliphatic heterocycles. The number of pyridine rings is 2. The quantitative estimate of drug-likeness (QED) is 0.125. The molecular formula is C120H74N6S2. The number of para-hydroxylation sites is 2. The highest BCUT2D eigenvalue weighted by atomic mass is 32.2. The van der Waals surface area contributed by atoms with Crippen molar-refractivity contribution >= 4 is 66.9 Å². The monoisotopic (exact) mass is 1660 g/mol. The molecule has 0 amide bonds. The molecule has 128 heavy (non-hydrogen) atoms. The number of aromatic nitrogens is 6. The Labute approximate surface area is 749 Å². The van der Waals surface area contributed by atoms with Gasteiger partial charge in [-0.05, 0) is 179 Å². The van der Waals surface area contributed by atoms with Gasteiger partial charge < -0.3 is 0 Å². The molecule has 26 rings (SSSR count). The molecule has 0 atom stereocenters. The van der Waals surface area contributed by atoms with Crippen molar-refractivity contribution in [3.63, 3.8) is 0 Å². The third-order valence-corrected chi connectivity index (χ3v) is 28.6. The zero-order valence-electron chi connectivity index (χ0n) is 69.2. The van der Waals surface area contributed by atoms with E-state index in [0.29, 0.717) is 11.6 Å². The minimum Gasteiger partial charge on any atom is -0.247 e. The van der Waals surface area contributed by atoms with Gasteiger partial charge in [-0.15, -0.1) is 0 Å². The molecule has 2 aliphatic carbocycles. The molecule has 596 valence electrons. The third-order valence-electron chi connectivity index (χ3n) is 26.3. The predicted molar refractivity (Wildman–Crippen MR) is 527 cm³/mol. The van der Waals surface area contributed by atoms with Gasteiger partial charge >= 0.3 is 0 Å². The highest BCUT2D eigenvalue weighted by Gasteiger charge is 2.52. The molecule has 0 fully saturated rings. The zero-order chi connectivity index (χ0) is 84.4. The molecule has 0 saturated heterocycles. The molecule has 0 unspecified atom stereocenters. The third kappa shape index (κ3) is 12.2. The molecular weight excluding hydrogens is 1590 g/mol. The first kappa shape index (κ1) is 74.8. The summed E-state index contributed by atoms with van der Waals surface area (Å²) >= 11 is 3.76. The van der Waals surface area contributed by atoms with Crippen LogP contribution in [0.5, 0.6) is 0 Å². The SMILES string of the molecule is c1ccc(-c2ccc(-c3cc(-c4ccc(-c5nc6ccccc6c6cc7c(cc56)-c5ccccc5C75c6ccccc6Sc6ccccc65)cc4)nc(-c4ccccc4)n3)cc2)cc1.c1ccc(-c2cccc(-c3cc(-c4ccc(-c5nc6ccccc6c6cc7c(cc56)-c5ccccc5C75c6ccccc6Sc6ccccc65)cc4)nc(-c4ccccc4)n3)c2)cc1. The van der Waals surface area contributed by atoms with Gasteiger partial charge in [0, 0.05) is 85.6 Å². The molecule has 2 spiro atoms. The van der Waals surface area contributed by atoms with Gasteiger partial charge in [-0.2, -0.15) is 0 Å². The fourth-order valence-corrected chi connectivity index (χ4v) is 22.9. The fraction of sp³-hybridized carbons (Fsp3) is 0.0167. The molecule has 4 aliphatic rings. The van der Waals surface area contributed by atoms with Gasteiger partial charge in [-0.1, -0.05) is 394 Å². The van der Waals surface area contributed by atoms with Crippen LogP contribution in [0, 0.1) is 0 Å². The Morgan fingerprint density at radius 3 is 0.844 bits per heavy atom. The molecule has 18 aromatic carbocycles. The highest BCUT2D eigenvalue weighted by Crippen LogP contribution is 2.65. The Kier molecular flexibility index (Phi) is 17.8. The lowest BCUT2D eigenvalue weighted by atomic mass is 9.67. The molecule has 0 saturated carbocycles. The zero-order valence-corrected chi connectivity index (χ0v) is 70.9. The van der Waals surface area contributed by atoms with Gasteiger partial charge in [0.1, 0.15) is 0 Å². The van der Waals surface area contributed by atoms with Crippen molar-refractivity contribution in [3.05, 3.63) is 493 Å². The van der Waals surface area contributed by atoms with E-state index in [1.165, 1.54) is 114 Å². The van der Waals surface area contributed by atoms with Crippen LogP contribution in [-0.2, 0) is 10.8 Å². The average molecular weight is 1660 g/mol. The fourth-order valence-electron chi connectivity index (χ4n) is 20.5. The van der Waals surface area contributed by atoms with Crippen molar-refractivity contribution < 1.29 is 0 Å². The van der Waals surface area contributed by atoms with Crippen LogP contribution in [0.3, 0.4) is 0 Å². The van der Waals surface area contributed by atoms with Gasteiger partial charge in [0.15, 0.2) is 11.6 Å². The number of nitrogens with zero attached hydrogens (tertiary/aromatic N) is 6. The van der Waals surface area contributed by atoms with E-state index in [1.807, 2.05) is 66.0 Å². The molecule has 0 radical (unpaired) electrons. The Bertz CT molecular complexity index is 8140. The second kappa shape index (κ2) is 30.5. The summed E-state index contributed by atoms with van der Waals surface area (Å²) in [6.45, 7) is 0. The van der Waals surface area contributed by atoms with E-state index in [4.69, 9.17) is 29.9 Å². The van der Waals surface area contributed by atoms with Crippen molar-refractivity contribution in [2.75, 3.05) is 0 Å². The van der Waals surface area contributed by atoms with E-state index in [-0.39, 0.29) is 0 Å². The largest absolute Gasteiger partial charge is 0.247 e. The van der Waals surface area contributed by atoms with Crippen LogP contribution in [0.15, 0.2) is 468 Å². The summed E-state index contributed by atoms with van der Waals surface area (Å²) in [5.41, 5.74) is 35.0. The maximum absolute atomic E-state index is 5.45. The maximum atomic E-state index is 5.45. The number of fused-ring (bicyclic) bond motifs is 24. The van der Waals surface area contributed by atoms with Crippen LogP contribution in [0.25, 0.3) is 178 Å². The van der Waals surface area contributed by atoms with E-state index < -0.39 is 10.8 Å². The van der Waals surface area contributed by atoms with Crippen LogP contribution < -0.4 is 0 Å². The van der Waals surface area contributed by atoms with Crippen LogP contribution in [0.2, 0.25) is 0 Å². The smallest absolute Gasteiger partial charge is 0.160 e. The second-order valence-corrected chi connectivity index (χ2v) is 35.5. The van der Waals surface area contributed by atoms with Gasteiger partial charge in [0.2, 0.25) is 0 Å². The van der Waals surface area contributed by atoms with Gasteiger partial charge in [-0.3, -0.25) is 0 Å². The van der Waals surface area contributed by atoms with Crippen molar-refractivity contribution in [2.45, 2.75) is 30.4 Å². The predicted octanol–water partition coefficient (Wildman–Crippen LogP) is 30.7. The lowest BCUT2D eigenvalue weighted by Crippen LogP contribution is -2.31. The lowest BCUT2D eigenvalue weighted by molar-refractivity contribution is 0.723.